The molecule has 2 aromatic carbocycles. The van der Waals surface area contributed by atoms with Crippen LogP contribution in [-0.2, 0) is 4.74 Å². The molecule has 4 rings (SSSR count). The number of nitrogens with one attached hydrogen (secondary N) is 1. The first-order valence-corrected chi connectivity index (χ1v) is 8.81. The molecule has 1 aliphatic carbocycles. The van der Waals surface area contributed by atoms with Crippen LogP contribution in [0.2, 0.25) is 0 Å². The predicted octanol–water partition coefficient (Wildman–Crippen LogP) is 4.92. The molecule has 0 amide bonds. The van der Waals surface area contributed by atoms with Gasteiger partial charge in [0, 0.05) is 11.6 Å². The van der Waals surface area contributed by atoms with Crippen molar-refractivity contribution in [2.45, 2.75) is 32.2 Å². The summed E-state index contributed by atoms with van der Waals surface area (Å²) in [5, 5.41) is 3.79. The fourth-order valence-corrected chi connectivity index (χ4v) is 4.35. The number of anilines is 1. The number of hydrogen-bond acceptors (Lipinski definition) is 3. The highest BCUT2D eigenvalue weighted by molar-refractivity contribution is 5.89. The first kappa shape index (κ1) is 15.9. The van der Waals surface area contributed by atoms with Crippen LogP contribution in [0.3, 0.4) is 0 Å². The molecule has 3 heteroatoms. The molecule has 2 aromatic rings. The van der Waals surface area contributed by atoms with E-state index in [-0.39, 0.29) is 12.0 Å². The minimum atomic E-state index is -0.291. The number of fused-ring (bicyclic) bond motifs is 3. The second-order valence-corrected chi connectivity index (χ2v) is 7.14. The van der Waals surface area contributed by atoms with Crippen LogP contribution in [0.25, 0.3) is 0 Å². The van der Waals surface area contributed by atoms with Crippen molar-refractivity contribution in [3.8, 4) is 0 Å². The number of allylic oxidation sites excluding steroid dienone is 2. The van der Waals surface area contributed by atoms with Gasteiger partial charge in [-0.15, -0.1) is 0 Å². The monoisotopic (exact) mass is 333 g/mol. The average Bonchev–Trinajstić information content (AvgIpc) is 3.11. The summed E-state index contributed by atoms with van der Waals surface area (Å²) >= 11 is 0. The van der Waals surface area contributed by atoms with Gasteiger partial charge in [-0.1, -0.05) is 42.0 Å². The van der Waals surface area contributed by atoms with Gasteiger partial charge in [0.15, 0.2) is 0 Å². The molecule has 1 N–H and O–H groups in total. The van der Waals surface area contributed by atoms with Gasteiger partial charge in [-0.25, -0.2) is 4.79 Å². The molecule has 0 saturated carbocycles. The summed E-state index contributed by atoms with van der Waals surface area (Å²) in [6, 6.07) is 12.6. The van der Waals surface area contributed by atoms with Gasteiger partial charge >= 0.3 is 5.97 Å². The van der Waals surface area contributed by atoms with Crippen molar-refractivity contribution in [1.29, 1.82) is 0 Å². The van der Waals surface area contributed by atoms with Crippen LogP contribution < -0.4 is 5.32 Å². The van der Waals surface area contributed by atoms with Crippen molar-refractivity contribution in [3.05, 3.63) is 76.4 Å². The van der Waals surface area contributed by atoms with Crippen LogP contribution in [0.5, 0.6) is 0 Å². The van der Waals surface area contributed by atoms with Gasteiger partial charge < -0.3 is 10.1 Å². The second-order valence-electron chi connectivity index (χ2n) is 7.14. The highest BCUT2D eigenvalue weighted by Gasteiger charge is 2.38. The topological polar surface area (TPSA) is 38.3 Å². The molecule has 0 spiro atoms. The number of methoxy groups -OCH3 is 1. The fraction of sp³-hybridized carbons (Fsp3) is 0.318. The van der Waals surface area contributed by atoms with Crippen molar-refractivity contribution < 1.29 is 9.53 Å². The van der Waals surface area contributed by atoms with Crippen molar-refractivity contribution in [1.82, 2.24) is 0 Å². The number of hydrogen-bond donors (Lipinski definition) is 1. The Bertz CT molecular complexity index is 851. The molecule has 0 aromatic heterocycles. The molecule has 0 saturated heterocycles. The zero-order valence-corrected chi connectivity index (χ0v) is 14.9. The van der Waals surface area contributed by atoms with E-state index in [1.54, 1.807) is 0 Å². The van der Waals surface area contributed by atoms with Gasteiger partial charge in [-0.2, -0.15) is 0 Å². The smallest absolute Gasteiger partial charge is 0.337 e. The Labute approximate surface area is 148 Å². The molecule has 0 radical (unpaired) electrons. The Hall–Kier alpha value is -2.55. The van der Waals surface area contributed by atoms with E-state index < -0.39 is 0 Å². The molecule has 3 atom stereocenters. The molecule has 1 aliphatic heterocycles. The van der Waals surface area contributed by atoms with Crippen LogP contribution >= 0.6 is 0 Å². The lowest BCUT2D eigenvalue weighted by Crippen LogP contribution is -2.29. The summed E-state index contributed by atoms with van der Waals surface area (Å²) in [5.41, 5.74) is 7.11. The summed E-state index contributed by atoms with van der Waals surface area (Å²) in [6.45, 7) is 4.34. The normalized spacial score (nSPS) is 23.6. The van der Waals surface area contributed by atoms with E-state index in [0.717, 1.165) is 6.42 Å². The van der Waals surface area contributed by atoms with Crippen LogP contribution in [0, 0.1) is 19.8 Å². The first-order chi connectivity index (χ1) is 12.1. The van der Waals surface area contributed by atoms with Gasteiger partial charge in [0.05, 0.1) is 18.7 Å². The molecular weight excluding hydrogens is 310 g/mol. The van der Waals surface area contributed by atoms with Gasteiger partial charge in [0.2, 0.25) is 0 Å². The van der Waals surface area contributed by atoms with Crippen LogP contribution in [0.1, 0.15) is 51.0 Å². The number of rotatable bonds is 2. The number of carbonyl (C=O) groups excluding carboxylic acids is 1. The third kappa shape index (κ3) is 2.64. The van der Waals surface area contributed by atoms with E-state index in [1.807, 2.05) is 24.3 Å². The zero-order chi connectivity index (χ0) is 17.6. The number of aryl methyl sites for hydroxylation is 2. The fourth-order valence-electron chi connectivity index (χ4n) is 4.35. The SMILES string of the molecule is COC(=O)c1ccc([C@@H]2Nc3c(C)cc(C)cc3C3C=CCC32)cc1. The maximum Gasteiger partial charge on any atom is 0.337 e. The van der Waals surface area contributed by atoms with Crippen LogP contribution in [0.4, 0.5) is 5.69 Å². The van der Waals surface area contributed by atoms with E-state index in [1.165, 1.54) is 35.1 Å². The van der Waals surface area contributed by atoms with Crippen molar-refractivity contribution >= 4 is 11.7 Å². The number of esters is 1. The Balaban J connectivity index is 1.73. The summed E-state index contributed by atoms with van der Waals surface area (Å²) in [4.78, 5) is 11.7. The van der Waals surface area contributed by atoms with Crippen LogP contribution in [0.15, 0.2) is 48.6 Å². The lowest BCUT2D eigenvalue weighted by atomic mass is 9.76. The number of carbonyl (C=O) groups is 1. The molecule has 25 heavy (non-hydrogen) atoms. The highest BCUT2D eigenvalue weighted by atomic mass is 16.5. The van der Waals surface area contributed by atoms with Crippen LogP contribution in [-0.4, -0.2) is 13.1 Å². The average molecular weight is 333 g/mol. The Kier molecular flexibility index (Phi) is 3.87. The lowest BCUT2D eigenvalue weighted by Gasteiger charge is -2.38. The van der Waals surface area contributed by atoms with E-state index in [2.05, 4.69) is 43.4 Å². The molecule has 3 nitrogen and oxygen atoms in total. The summed E-state index contributed by atoms with van der Waals surface area (Å²) in [7, 11) is 1.41. The van der Waals surface area contributed by atoms with Gasteiger partial charge in [0.25, 0.3) is 0 Å². The molecule has 0 fully saturated rings. The minimum absolute atomic E-state index is 0.251. The van der Waals surface area contributed by atoms with Crippen molar-refractivity contribution in [2.75, 3.05) is 12.4 Å². The largest absolute Gasteiger partial charge is 0.465 e. The standard InChI is InChI=1S/C22H23NO2/c1-13-11-14(2)20-19(12-13)17-5-4-6-18(17)21(23-20)15-7-9-16(10-8-15)22(24)25-3/h4-5,7-12,17-18,21,23H,6H2,1-3H3/t17?,18?,21-/m0/s1. The maximum absolute atomic E-state index is 11.7. The summed E-state index contributed by atoms with van der Waals surface area (Å²) in [5.74, 6) is 0.679. The Morgan fingerprint density at radius 3 is 2.64 bits per heavy atom. The second kappa shape index (κ2) is 6.07. The Morgan fingerprint density at radius 1 is 1.16 bits per heavy atom. The van der Waals surface area contributed by atoms with Crippen molar-refractivity contribution in [2.24, 2.45) is 5.92 Å². The van der Waals surface area contributed by atoms with Gasteiger partial charge in [-0.3, -0.25) is 0 Å². The molecule has 1 heterocycles. The third-order valence-electron chi connectivity index (χ3n) is 5.50. The highest BCUT2D eigenvalue weighted by Crippen LogP contribution is 2.50. The zero-order valence-electron chi connectivity index (χ0n) is 14.9. The van der Waals surface area contributed by atoms with Gasteiger partial charge in [0.1, 0.15) is 0 Å². The molecular formula is C22H23NO2. The molecule has 0 bridgehead atoms. The van der Waals surface area contributed by atoms with Crippen molar-refractivity contribution in [3.63, 3.8) is 0 Å². The third-order valence-corrected chi connectivity index (χ3v) is 5.50. The number of ether oxygens (including phenoxy) is 1. The number of benzene rings is 2. The summed E-state index contributed by atoms with van der Waals surface area (Å²) < 4.78 is 4.80. The predicted molar refractivity (Wildman–Crippen MR) is 100 cm³/mol. The molecule has 2 unspecified atom stereocenters. The maximum atomic E-state index is 11.7. The Morgan fingerprint density at radius 2 is 1.92 bits per heavy atom. The van der Waals surface area contributed by atoms with Gasteiger partial charge in [-0.05, 0) is 55.0 Å². The minimum Gasteiger partial charge on any atom is -0.465 e. The van der Waals surface area contributed by atoms with E-state index >= 15 is 0 Å². The summed E-state index contributed by atoms with van der Waals surface area (Å²) in [6.07, 6.45) is 5.74. The lowest BCUT2D eigenvalue weighted by molar-refractivity contribution is 0.0600. The van der Waals surface area contributed by atoms with E-state index in [4.69, 9.17) is 4.74 Å². The molecule has 128 valence electrons. The van der Waals surface area contributed by atoms with E-state index in [0.29, 0.717) is 17.4 Å². The molecule has 2 aliphatic rings. The first-order valence-electron chi connectivity index (χ1n) is 8.81. The quantitative estimate of drug-likeness (QED) is 0.626. The van der Waals surface area contributed by atoms with E-state index in [9.17, 15) is 4.79 Å².